The van der Waals surface area contributed by atoms with Crippen LogP contribution >= 0.6 is 0 Å². The second-order valence-corrected chi connectivity index (χ2v) is 7.76. The molecule has 4 aromatic rings. The lowest BCUT2D eigenvalue weighted by Crippen LogP contribution is -2.29. The highest BCUT2D eigenvalue weighted by Crippen LogP contribution is 2.31. The summed E-state index contributed by atoms with van der Waals surface area (Å²) >= 11 is 0. The van der Waals surface area contributed by atoms with Gasteiger partial charge in [0, 0.05) is 18.0 Å². The molecular formula is C24H18N6O3. The number of nitrogens with zero attached hydrogens (tertiary/aromatic N) is 4. The number of fused-ring (bicyclic) bond motifs is 2. The number of hydrogen-bond donors (Lipinski definition) is 2. The van der Waals surface area contributed by atoms with Gasteiger partial charge in [-0.2, -0.15) is 5.26 Å². The number of aryl methyl sites for hydroxylation is 1. The Kier molecular flexibility index (Phi) is 5.24. The largest absolute Gasteiger partial charge is 0.356 e. The van der Waals surface area contributed by atoms with Gasteiger partial charge in [0.1, 0.15) is 17.7 Å². The summed E-state index contributed by atoms with van der Waals surface area (Å²) < 4.78 is 5.14. The zero-order valence-corrected chi connectivity index (χ0v) is 17.4. The van der Waals surface area contributed by atoms with Gasteiger partial charge in [-0.05, 0) is 53.8 Å². The third-order valence-electron chi connectivity index (χ3n) is 5.66. The van der Waals surface area contributed by atoms with Crippen LogP contribution in [0, 0.1) is 11.3 Å². The number of hydrogen-bond acceptors (Lipinski definition) is 7. The van der Waals surface area contributed by atoms with Crippen molar-refractivity contribution in [3.8, 4) is 6.07 Å². The van der Waals surface area contributed by atoms with Crippen molar-refractivity contribution in [3.63, 3.8) is 0 Å². The lowest BCUT2D eigenvalue weighted by Gasteiger charge is -2.14. The van der Waals surface area contributed by atoms with Gasteiger partial charge in [0.25, 0.3) is 11.8 Å². The molecule has 0 fully saturated rings. The average molecular weight is 438 g/mol. The van der Waals surface area contributed by atoms with Crippen molar-refractivity contribution in [1.82, 2.24) is 25.8 Å². The second kappa shape index (κ2) is 8.51. The van der Waals surface area contributed by atoms with Crippen molar-refractivity contribution in [2.75, 3.05) is 0 Å². The summed E-state index contributed by atoms with van der Waals surface area (Å²) in [5.41, 5.74) is 4.36. The summed E-state index contributed by atoms with van der Waals surface area (Å²) in [6, 6.07) is 14.4. The predicted molar refractivity (Wildman–Crippen MR) is 117 cm³/mol. The maximum atomic E-state index is 12.8. The fourth-order valence-electron chi connectivity index (χ4n) is 3.96. The van der Waals surface area contributed by atoms with Crippen molar-refractivity contribution in [2.24, 2.45) is 0 Å². The van der Waals surface area contributed by atoms with Crippen LogP contribution < -0.4 is 10.6 Å². The molecule has 0 unspecified atom stereocenters. The Morgan fingerprint density at radius 2 is 1.94 bits per heavy atom. The number of rotatable bonds is 5. The van der Waals surface area contributed by atoms with Crippen molar-refractivity contribution >= 4 is 22.8 Å². The number of carbonyl (C=O) groups excluding carboxylic acids is 2. The summed E-state index contributed by atoms with van der Waals surface area (Å²) in [6.45, 7) is 0.268. The molecule has 1 aliphatic rings. The molecule has 1 aliphatic carbocycles. The number of aromatic nitrogens is 3. The van der Waals surface area contributed by atoms with E-state index in [1.807, 2.05) is 24.3 Å². The maximum absolute atomic E-state index is 12.8. The van der Waals surface area contributed by atoms with E-state index in [0.29, 0.717) is 11.1 Å². The lowest BCUT2D eigenvalue weighted by molar-refractivity contribution is 0.0931. The normalized spacial score (nSPS) is 14.5. The van der Waals surface area contributed by atoms with Gasteiger partial charge >= 0.3 is 0 Å². The number of carbonyl (C=O) groups is 2. The maximum Gasteiger partial charge on any atom is 0.270 e. The van der Waals surface area contributed by atoms with Gasteiger partial charge in [0.15, 0.2) is 5.58 Å². The highest BCUT2D eigenvalue weighted by molar-refractivity contribution is 5.97. The van der Waals surface area contributed by atoms with Crippen LogP contribution in [-0.2, 0) is 13.0 Å². The third kappa shape index (κ3) is 4.14. The first kappa shape index (κ1) is 20.3. The molecule has 0 aliphatic heterocycles. The molecule has 162 valence electrons. The summed E-state index contributed by atoms with van der Waals surface area (Å²) in [7, 11) is 0. The van der Waals surface area contributed by atoms with E-state index in [2.05, 4.69) is 31.8 Å². The number of amides is 2. The van der Waals surface area contributed by atoms with Crippen LogP contribution in [0.4, 0.5) is 0 Å². The fraction of sp³-hybridized carbons (Fsp3) is 0.167. The van der Waals surface area contributed by atoms with E-state index in [0.717, 1.165) is 34.9 Å². The minimum absolute atomic E-state index is 0.0985. The van der Waals surface area contributed by atoms with Gasteiger partial charge in [0.2, 0.25) is 0 Å². The molecule has 1 atom stereocenters. The number of benzene rings is 2. The number of nitrogens with one attached hydrogen (secondary N) is 2. The summed E-state index contributed by atoms with van der Waals surface area (Å²) in [6.07, 6.45) is 4.35. The summed E-state index contributed by atoms with van der Waals surface area (Å²) in [5.74, 6) is -0.802. The van der Waals surface area contributed by atoms with Crippen molar-refractivity contribution < 1.29 is 14.1 Å². The lowest BCUT2D eigenvalue weighted by atomic mass is 10.1. The highest BCUT2D eigenvalue weighted by atomic mass is 16.5. The Morgan fingerprint density at radius 1 is 1.09 bits per heavy atom. The van der Waals surface area contributed by atoms with Gasteiger partial charge in [-0.25, -0.2) is 9.97 Å². The van der Waals surface area contributed by atoms with Gasteiger partial charge < -0.3 is 15.2 Å². The van der Waals surface area contributed by atoms with E-state index in [1.165, 1.54) is 12.4 Å². The van der Waals surface area contributed by atoms with Crippen LogP contribution in [0.3, 0.4) is 0 Å². The first-order valence-electron chi connectivity index (χ1n) is 10.4. The van der Waals surface area contributed by atoms with Gasteiger partial charge in [-0.15, -0.1) is 0 Å². The minimum atomic E-state index is -0.417. The molecule has 0 saturated heterocycles. The molecular weight excluding hydrogens is 420 g/mol. The monoisotopic (exact) mass is 438 g/mol. The summed E-state index contributed by atoms with van der Waals surface area (Å²) in [5, 5.41) is 19.4. The standard InChI is InChI=1S/C24H18N6O3/c25-10-14-2-5-18-16(7-14)4-6-19(18)30-24(32)21-9-20(27-13-28-21)23(31)26-11-15-1-3-17-12-29-33-22(17)8-15/h1-3,5,7-9,12-13,19H,4,6,11H2,(H,26,31)(H,30,32)/t19-/m0/s1. The van der Waals surface area contributed by atoms with Crippen molar-refractivity contribution in [2.45, 2.75) is 25.4 Å². The zero-order chi connectivity index (χ0) is 22.8. The Balaban J connectivity index is 1.24. The molecule has 2 aromatic heterocycles. The minimum Gasteiger partial charge on any atom is -0.356 e. The van der Waals surface area contributed by atoms with Crippen LogP contribution in [0.15, 0.2) is 59.5 Å². The molecule has 9 nitrogen and oxygen atoms in total. The zero-order valence-electron chi connectivity index (χ0n) is 17.4. The van der Waals surface area contributed by atoms with E-state index >= 15 is 0 Å². The number of nitriles is 1. The molecule has 0 spiro atoms. The van der Waals surface area contributed by atoms with Crippen LogP contribution in [0.25, 0.3) is 11.0 Å². The highest BCUT2D eigenvalue weighted by Gasteiger charge is 2.25. The fourth-order valence-corrected chi connectivity index (χ4v) is 3.96. The Hall–Kier alpha value is -4.58. The molecule has 0 radical (unpaired) electrons. The van der Waals surface area contributed by atoms with Crippen LogP contribution in [0.1, 0.15) is 55.7 Å². The Labute approximate surface area is 188 Å². The predicted octanol–water partition coefficient (Wildman–Crippen LogP) is 2.84. The van der Waals surface area contributed by atoms with Crippen LogP contribution in [0.2, 0.25) is 0 Å². The summed E-state index contributed by atoms with van der Waals surface area (Å²) in [4.78, 5) is 33.4. The molecule has 9 heteroatoms. The van der Waals surface area contributed by atoms with Gasteiger partial charge in [-0.1, -0.05) is 17.3 Å². The van der Waals surface area contributed by atoms with Gasteiger partial charge in [0.05, 0.1) is 23.9 Å². The van der Waals surface area contributed by atoms with Crippen molar-refractivity contribution in [1.29, 1.82) is 5.26 Å². The van der Waals surface area contributed by atoms with Crippen LogP contribution in [-0.4, -0.2) is 26.9 Å². The SMILES string of the molecule is N#Cc1ccc2c(c1)CC[C@@H]2NC(=O)c1cc(C(=O)NCc2ccc3cnoc3c2)ncn1. The third-order valence-corrected chi connectivity index (χ3v) is 5.66. The molecule has 2 N–H and O–H groups in total. The van der Waals surface area contributed by atoms with Crippen molar-refractivity contribution in [3.05, 3.63) is 88.6 Å². The first-order chi connectivity index (χ1) is 16.1. The van der Waals surface area contributed by atoms with E-state index in [-0.39, 0.29) is 29.9 Å². The Morgan fingerprint density at radius 3 is 2.79 bits per heavy atom. The van der Waals surface area contributed by atoms with E-state index in [9.17, 15) is 9.59 Å². The Bertz CT molecular complexity index is 1420. The molecule has 2 heterocycles. The van der Waals surface area contributed by atoms with Gasteiger partial charge in [-0.3, -0.25) is 9.59 Å². The van der Waals surface area contributed by atoms with E-state index < -0.39 is 5.91 Å². The first-order valence-corrected chi connectivity index (χ1v) is 10.4. The van der Waals surface area contributed by atoms with E-state index in [4.69, 9.17) is 9.78 Å². The molecule has 5 rings (SSSR count). The topological polar surface area (TPSA) is 134 Å². The quantitative estimate of drug-likeness (QED) is 0.489. The molecule has 0 bridgehead atoms. The second-order valence-electron chi connectivity index (χ2n) is 7.76. The van der Waals surface area contributed by atoms with Crippen LogP contribution in [0.5, 0.6) is 0 Å². The molecule has 0 saturated carbocycles. The van der Waals surface area contributed by atoms with E-state index in [1.54, 1.807) is 18.3 Å². The molecule has 2 amide bonds. The average Bonchev–Trinajstić information content (AvgIpc) is 3.48. The smallest absolute Gasteiger partial charge is 0.270 e. The molecule has 2 aromatic carbocycles. The molecule has 33 heavy (non-hydrogen) atoms.